The lowest BCUT2D eigenvalue weighted by atomic mass is 10.1. The highest BCUT2D eigenvalue weighted by Gasteiger charge is 2.27. The molecular weight excluding hydrogens is 496 g/mol. The first-order valence-electron chi connectivity index (χ1n) is 11.6. The van der Waals surface area contributed by atoms with Crippen molar-refractivity contribution in [2.75, 3.05) is 36.9 Å². The van der Waals surface area contributed by atoms with Crippen molar-refractivity contribution in [3.63, 3.8) is 0 Å². The molecule has 7 nitrogen and oxygen atoms in total. The van der Waals surface area contributed by atoms with Crippen LogP contribution in [0.4, 0.5) is 5.69 Å². The fourth-order valence-corrected chi connectivity index (χ4v) is 5.46. The molecule has 0 saturated heterocycles. The lowest BCUT2D eigenvalue weighted by molar-refractivity contribution is -0.119. The quantitative estimate of drug-likeness (QED) is 0.268. The van der Waals surface area contributed by atoms with Crippen LogP contribution in [0.1, 0.15) is 18.1 Å². The SMILES string of the molecule is CCOc1ccc(N(CC(=O)NCCOc2cc(C)cc(C)c2)S(=O)(=O)c2ccc(SC)cc2)cc1. The third kappa shape index (κ3) is 7.41. The molecule has 0 atom stereocenters. The predicted octanol–water partition coefficient (Wildman–Crippen LogP) is 4.81. The Morgan fingerprint density at radius 1 is 0.917 bits per heavy atom. The molecule has 0 unspecified atom stereocenters. The molecule has 0 aliphatic rings. The van der Waals surface area contributed by atoms with E-state index in [-0.39, 0.29) is 24.6 Å². The van der Waals surface area contributed by atoms with Crippen LogP contribution in [-0.4, -0.2) is 46.9 Å². The third-order valence-corrected chi connectivity index (χ3v) is 7.79. The Hall–Kier alpha value is -3.17. The van der Waals surface area contributed by atoms with Crippen molar-refractivity contribution in [3.8, 4) is 11.5 Å². The van der Waals surface area contributed by atoms with Gasteiger partial charge in [-0.15, -0.1) is 11.8 Å². The molecule has 0 heterocycles. The maximum atomic E-state index is 13.5. The van der Waals surface area contributed by atoms with E-state index in [2.05, 4.69) is 11.4 Å². The van der Waals surface area contributed by atoms with Crippen LogP contribution in [0.15, 0.2) is 76.5 Å². The van der Waals surface area contributed by atoms with Gasteiger partial charge in [-0.2, -0.15) is 0 Å². The Labute approximate surface area is 217 Å². The fraction of sp³-hybridized carbons (Fsp3) is 0.296. The van der Waals surface area contributed by atoms with Gasteiger partial charge in [0.25, 0.3) is 10.0 Å². The second kappa shape index (κ2) is 12.7. The molecule has 1 amide bonds. The molecule has 192 valence electrons. The number of sulfonamides is 1. The Kier molecular flexibility index (Phi) is 9.66. The normalized spacial score (nSPS) is 11.1. The zero-order valence-corrected chi connectivity index (χ0v) is 22.6. The molecule has 0 aliphatic heterocycles. The van der Waals surface area contributed by atoms with E-state index in [1.807, 2.05) is 39.2 Å². The van der Waals surface area contributed by atoms with Gasteiger partial charge in [-0.05, 0) is 98.8 Å². The van der Waals surface area contributed by atoms with E-state index < -0.39 is 15.9 Å². The first-order chi connectivity index (χ1) is 17.2. The summed E-state index contributed by atoms with van der Waals surface area (Å²) >= 11 is 1.52. The van der Waals surface area contributed by atoms with E-state index in [0.29, 0.717) is 18.0 Å². The Morgan fingerprint density at radius 2 is 1.56 bits per heavy atom. The van der Waals surface area contributed by atoms with Gasteiger partial charge in [-0.1, -0.05) is 6.07 Å². The molecule has 0 aliphatic carbocycles. The van der Waals surface area contributed by atoms with Gasteiger partial charge in [0.05, 0.1) is 23.7 Å². The fourth-order valence-electron chi connectivity index (χ4n) is 3.63. The topological polar surface area (TPSA) is 84.9 Å². The number of benzene rings is 3. The number of nitrogens with one attached hydrogen (secondary N) is 1. The Morgan fingerprint density at radius 3 is 2.14 bits per heavy atom. The Balaban J connectivity index is 1.73. The lowest BCUT2D eigenvalue weighted by Crippen LogP contribution is -2.41. The van der Waals surface area contributed by atoms with Gasteiger partial charge in [-0.3, -0.25) is 9.10 Å². The minimum absolute atomic E-state index is 0.111. The second-order valence-electron chi connectivity index (χ2n) is 8.14. The van der Waals surface area contributed by atoms with E-state index in [1.54, 1.807) is 48.5 Å². The molecule has 0 aromatic heterocycles. The van der Waals surface area contributed by atoms with Crippen molar-refractivity contribution in [2.24, 2.45) is 0 Å². The summed E-state index contributed by atoms with van der Waals surface area (Å²) in [6, 6.07) is 19.2. The van der Waals surface area contributed by atoms with Crippen molar-refractivity contribution in [1.29, 1.82) is 0 Å². The molecule has 0 bridgehead atoms. The molecule has 3 rings (SSSR count). The number of ether oxygens (including phenoxy) is 2. The van der Waals surface area contributed by atoms with Crippen LogP contribution in [0.25, 0.3) is 0 Å². The highest BCUT2D eigenvalue weighted by molar-refractivity contribution is 7.98. The summed E-state index contributed by atoms with van der Waals surface area (Å²) < 4.78 is 39.4. The van der Waals surface area contributed by atoms with Crippen LogP contribution >= 0.6 is 11.8 Å². The zero-order valence-electron chi connectivity index (χ0n) is 21.0. The van der Waals surface area contributed by atoms with Crippen molar-refractivity contribution in [3.05, 3.63) is 77.9 Å². The number of nitrogens with zero attached hydrogens (tertiary/aromatic N) is 1. The molecular formula is C27H32N2O5S2. The van der Waals surface area contributed by atoms with Crippen LogP contribution in [0.2, 0.25) is 0 Å². The van der Waals surface area contributed by atoms with Gasteiger partial charge >= 0.3 is 0 Å². The summed E-state index contributed by atoms with van der Waals surface area (Å²) in [7, 11) is -3.99. The first-order valence-corrected chi connectivity index (χ1v) is 14.3. The monoisotopic (exact) mass is 528 g/mol. The number of rotatable bonds is 12. The summed E-state index contributed by atoms with van der Waals surface area (Å²) in [5.74, 6) is 0.919. The molecule has 3 aromatic carbocycles. The minimum Gasteiger partial charge on any atom is -0.494 e. The van der Waals surface area contributed by atoms with Crippen LogP contribution in [0.5, 0.6) is 11.5 Å². The summed E-state index contributed by atoms with van der Waals surface area (Å²) in [6.07, 6.45) is 1.92. The summed E-state index contributed by atoms with van der Waals surface area (Å²) in [5, 5.41) is 2.76. The minimum atomic E-state index is -3.99. The largest absolute Gasteiger partial charge is 0.494 e. The second-order valence-corrected chi connectivity index (χ2v) is 10.9. The van der Waals surface area contributed by atoms with Crippen molar-refractivity contribution in [2.45, 2.75) is 30.6 Å². The van der Waals surface area contributed by atoms with Crippen molar-refractivity contribution >= 4 is 33.4 Å². The summed E-state index contributed by atoms with van der Waals surface area (Å²) in [5.41, 5.74) is 2.56. The van der Waals surface area contributed by atoms with E-state index in [1.165, 1.54) is 11.8 Å². The van der Waals surface area contributed by atoms with Gasteiger partial charge in [0.15, 0.2) is 0 Å². The van der Waals surface area contributed by atoms with Crippen LogP contribution in [-0.2, 0) is 14.8 Å². The highest BCUT2D eigenvalue weighted by Crippen LogP contribution is 2.27. The van der Waals surface area contributed by atoms with E-state index in [4.69, 9.17) is 9.47 Å². The van der Waals surface area contributed by atoms with Crippen LogP contribution < -0.4 is 19.1 Å². The van der Waals surface area contributed by atoms with Gasteiger partial charge in [0, 0.05) is 4.90 Å². The number of aryl methyl sites for hydroxylation is 2. The predicted molar refractivity (Wildman–Crippen MR) is 145 cm³/mol. The van der Waals surface area contributed by atoms with E-state index >= 15 is 0 Å². The molecule has 0 saturated carbocycles. The number of anilines is 1. The number of carbonyl (C=O) groups is 1. The zero-order chi connectivity index (χ0) is 26.1. The molecule has 0 fully saturated rings. The molecule has 0 spiro atoms. The highest BCUT2D eigenvalue weighted by atomic mass is 32.2. The smallest absolute Gasteiger partial charge is 0.264 e. The Bertz CT molecular complexity index is 1240. The van der Waals surface area contributed by atoms with Gasteiger partial charge in [0.1, 0.15) is 24.7 Å². The van der Waals surface area contributed by atoms with Crippen molar-refractivity contribution < 1.29 is 22.7 Å². The van der Waals surface area contributed by atoms with Gasteiger partial charge in [-0.25, -0.2) is 8.42 Å². The lowest BCUT2D eigenvalue weighted by Gasteiger charge is -2.24. The summed E-state index contributed by atoms with van der Waals surface area (Å²) in [4.78, 5) is 13.9. The number of hydrogen-bond donors (Lipinski definition) is 1. The number of thioether (sulfide) groups is 1. The van der Waals surface area contributed by atoms with Gasteiger partial charge < -0.3 is 14.8 Å². The van der Waals surface area contributed by atoms with E-state index in [9.17, 15) is 13.2 Å². The van der Waals surface area contributed by atoms with Crippen molar-refractivity contribution in [1.82, 2.24) is 5.32 Å². The molecule has 3 aromatic rings. The number of hydrogen-bond acceptors (Lipinski definition) is 6. The average molecular weight is 529 g/mol. The first kappa shape index (κ1) is 27.4. The summed E-state index contributed by atoms with van der Waals surface area (Å²) in [6.45, 7) is 6.49. The average Bonchev–Trinajstić information content (AvgIpc) is 2.85. The van der Waals surface area contributed by atoms with Crippen LogP contribution in [0, 0.1) is 13.8 Å². The van der Waals surface area contributed by atoms with E-state index in [0.717, 1.165) is 26.1 Å². The standard InChI is InChI=1S/C27H32N2O5S2/c1-5-33-23-8-6-22(7-9-23)29(36(31,32)26-12-10-25(35-4)11-13-26)19-27(30)28-14-15-34-24-17-20(2)16-21(3)18-24/h6-13,16-18H,5,14-15,19H2,1-4H3,(H,28,30). The molecule has 0 radical (unpaired) electrons. The molecule has 9 heteroatoms. The molecule has 1 N–H and O–H groups in total. The number of amides is 1. The maximum absolute atomic E-state index is 13.5. The third-order valence-electron chi connectivity index (χ3n) is 5.26. The maximum Gasteiger partial charge on any atom is 0.264 e. The molecule has 36 heavy (non-hydrogen) atoms. The van der Waals surface area contributed by atoms with Gasteiger partial charge in [0.2, 0.25) is 5.91 Å². The van der Waals surface area contributed by atoms with Crippen LogP contribution in [0.3, 0.4) is 0 Å². The number of carbonyl (C=O) groups excluding carboxylic acids is 1.